The summed E-state index contributed by atoms with van der Waals surface area (Å²) >= 11 is 0. The van der Waals surface area contributed by atoms with E-state index in [1.165, 1.54) is 5.56 Å². The molecule has 2 N–H and O–H groups in total. The number of carbonyl (C=O) groups is 2. The van der Waals surface area contributed by atoms with Crippen molar-refractivity contribution in [3.63, 3.8) is 0 Å². The van der Waals surface area contributed by atoms with Crippen LogP contribution in [0.4, 0.5) is 22.1 Å². The second kappa shape index (κ2) is 17.5. The number of amides is 1. The van der Waals surface area contributed by atoms with Crippen LogP contribution in [0.1, 0.15) is 71.9 Å². The minimum absolute atomic E-state index is 0.150. The van der Waals surface area contributed by atoms with Crippen molar-refractivity contribution in [2.45, 2.75) is 91.1 Å². The van der Waals surface area contributed by atoms with E-state index in [4.69, 9.17) is 19.2 Å². The zero-order valence-corrected chi connectivity index (χ0v) is 32.0. The Morgan fingerprint density at radius 2 is 1.67 bits per heavy atom. The first kappa shape index (κ1) is 39.0. The van der Waals surface area contributed by atoms with Gasteiger partial charge in [-0.05, 0) is 116 Å². The van der Waals surface area contributed by atoms with Gasteiger partial charge in [-0.15, -0.1) is 0 Å². The van der Waals surface area contributed by atoms with Gasteiger partial charge in [0, 0.05) is 55.9 Å². The van der Waals surface area contributed by atoms with Gasteiger partial charge in [-0.25, -0.2) is 14.8 Å². The minimum Gasteiger partial charge on any atom is -0.459 e. The first-order valence-corrected chi connectivity index (χ1v) is 18.5. The summed E-state index contributed by atoms with van der Waals surface area (Å²) in [6.45, 7) is 18.0. The molecule has 0 bridgehead atoms. The number of ether oxygens (including phenoxy) is 3. The van der Waals surface area contributed by atoms with Crippen molar-refractivity contribution in [3.8, 4) is 11.3 Å². The number of aromatic nitrogens is 2. The van der Waals surface area contributed by atoms with E-state index in [0.717, 1.165) is 80.2 Å². The van der Waals surface area contributed by atoms with Crippen molar-refractivity contribution in [2.75, 3.05) is 63.2 Å². The Balaban J connectivity index is 1.23. The summed E-state index contributed by atoms with van der Waals surface area (Å²) in [5, 5.41) is 6.29. The number of anilines is 3. The van der Waals surface area contributed by atoms with E-state index in [9.17, 15) is 9.59 Å². The van der Waals surface area contributed by atoms with E-state index in [-0.39, 0.29) is 18.1 Å². The van der Waals surface area contributed by atoms with E-state index < -0.39 is 11.2 Å². The number of carbonyl (C=O) groups excluding carboxylic acids is 2. The Bertz CT molecular complexity index is 1630. The Hall–Kier alpha value is -4.26. The van der Waals surface area contributed by atoms with Crippen LogP contribution in [0.3, 0.4) is 0 Å². The summed E-state index contributed by atoms with van der Waals surface area (Å²) in [5.74, 6) is 0.363. The fourth-order valence-electron chi connectivity index (χ4n) is 6.46. The molecule has 3 aromatic rings. The quantitative estimate of drug-likeness (QED) is 0.152. The topological polar surface area (TPSA) is 121 Å². The number of hydrogen-bond acceptors (Lipinski definition) is 11. The summed E-state index contributed by atoms with van der Waals surface area (Å²) < 4.78 is 16.7. The average molecular weight is 716 g/mol. The fourth-order valence-corrected chi connectivity index (χ4v) is 6.46. The van der Waals surface area contributed by atoms with E-state index in [1.54, 1.807) is 6.20 Å². The van der Waals surface area contributed by atoms with E-state index in [1.807, 2.05) is 47.6 Å². The highest BCUT2D eigenvalue weighted by atomic mass is 16.6. The predicted octanol–water partition coefficient (Wildman–Crippen LogP) is 6.38. The molecular formula is C40H57N7O5. The van der Waals surface area contributed by atoms with Gasteiger partial charge >= 0.3 is 12.1 Å². The molecule has 0 spiro atoms. The Morgan fingerprint density at radius 1 is 0.942 bits per heavy atom. The lowest BCUT2D eigenvalue weighted by atomic mass is 10.1. The van der Waals surface area contributed by atoms with Crippen LogP contribution in [0.25, 0.3) is 11.3 Å². The third kappa shape index (κ3) is 12.2. The van der Waals surface area contributed by atoms with Crippen LogP contribution in [0.5, 0.6) is 0 Å². The lowest BCUT2D eigenvalue weighted by molar-refractivity contribution is -0.160. The summed E-state index contributed by atoms with van der Waals surface area (Å²) in [6, 6.07) is 16.6. The lowest BCUT2D eigenvalue weighted by Gasteiger charge is -2.30. The molecule has 2 saturated heterocycles. The summed E-state index contributed by atoms with van der Waals surface area (Å²) in [6.07, 6.45) is 3.99. The Labute approximate surface area is 309 Å². The second-order valence-corrected chi connectivity index (χ2v) is 15.8. The predicted molar refractivity (Wildman–Crippen MR) is 205 cm³/mol. The molecule has 1 amide bonds. The molecule has 282 valence electrons. The maximum Gasteiger partial charge on any atom is 0.407 e. The first-order chi connectivity index (χ1) is 24.7. The summed E-state index contributed by atoms with van der Waals surface area (Å²) in [5.41, 5.74) is 5.11. The van der Waals surface area contributed by atoms with Gasteiger partial charge in [0.1, 0.15) is 17.2 Å². The van der Waals surface area contributed by atoms with E-state index in [2.05, 4.69) is 79.8 Å². The second-order valence-electron chi connectivity index (χ2n) is 15.8. The van der Waals surface area contributed by atoms with Gasteiger partial charge in [0.2, 0.25) is 5.95 Å². The number of esters is 1. The maximum absolute atomic E-state index is 13.1. The molecule has 52 heavy (non-hydrogen) atoms. The Kier molecular flexibility index (Phi) is 13.1. The SMILES string of the molecule is CN(CCCNC(=O)OC(C)(C)C)Cc1ccc(-c2ccnc(Nc3cc(CN4CCCC4C(=O)OC(C)(C)C)cc(N4CCOCC4)c3)n2)cc1. The highest BCUT2D eigenvalue weighted by Gasteiger charge is 2.34. The number of benzene rings is 2. The molecule has 12 heteroatoms. The van der Waals surface area contributed by atoms with E-state index >= 15 is 0 Å². The zero-order chi connectivity index (χ0) is 37.3. The fraction of sp³-hybridized carbons (Fsp3) is 0.550. The third-order valence-electron chi connectivity index (χ3n) is 8.78. The van der Waals surface area contributed by atoms with Crippen LogP contribution < -0.4 is 15.5 Å². The molecule has 5 rings (SSSR count). The molecule has 1 unspecified atom stereocenters. The number of nitrogens with one attached hydrogen (secondary N) is 2. The first-order valence-electron chi connectivity index (χ1n) is 18.5. The molecule has 2 aliphatic heterocycles. The number of likely N-dealkylation sites (tertiary alicyclic amines) is 1. The highest BCUT2D eigenvalue weighted by Crippen LogP contribution is 2.29. The standard InChI is InChI=1S/C40H57N7O5/c1-39(2,3)51-36(48)35-10-8-19-47(35)28-30-24-32(26-33(25-30)46-20-22-50-23-21-46)43-37-41-17-15-34(44-37)31-13-11-29(12-14-31)27-45(7)18-9-16-42-38(49)52-40(4,5)6/h11-15,17,24-26,35H,8-10,16,18-23,27-28H2,1-7H3,(H,42,49)(H,41,43,44). The molecule has 0 aliphatic carbocycles. The molecule has 2 fully saturated rings. The molecule has 1 atom stereocenters. The van der Waals surface area contributed by atoms with Crippen molar-refractivity contribution in [3.05, 3.63) is 65.9 Å². The van der Waals surface area contributed by atoms with E-state index in [0.29, 0.717) is 32.3 Å². The van der Waals surface area contributed by atoms with Crippen LogP contribution in [0.2, 0.25) is 0 Å². The third-order valence-corrected chi connectivity index (χ3v) is 8.78. The van der Waals surface area contributed by atoms with Crippen LogP contribution in [0, 0.1) is 0 Å². The smallest absolute Gasteiger partial charge is 0.407 e. The Morgan fingerprint density at radius 3 is 2.38 bits per heavy atom. The summed E-state index contributed by atoms with van der Waals surface area (Å²) in [7, 11) is 2.08. The van der Waals surface area contributed by atoms with Crippen LogP contribution >= 0.6 is 0 Å². The monoisotopic (exact) mass is 715 g/mol. The van der Waals surface area contributed by atoms with Gasteiger partial charge in [-0.3, -0.25) is 9.69 Å². The van der Waals surface area contributed by atoms with Crippen molar-refractivity contribution in [1.82, 2.24) is 25.1 Å². The molecule has 0 radical (unpaired) electrons. The van der Waals surface area contributed by atoms with Gasteiger partial charge in [0.15, 0.2) is 0 Å². The maximum atomic E-state index is 13.1. The molecule has 1 aromatic heterocycles. The average Bonchev–Trinajstić information content (AvgIpc) is 3.54. The van der Waals surface area contributed by atoms with Crippen molar-refractivity contribution in [2.24, 2.45) is 0 Å². The van der Waals surface area contributed by atoms with Gasteiger partial charge in [-0.2, -0.15) is 0 Å². The van der Waals surface area contributed by atoms with Gasteiger partial charge in [-0.1, -0.05) is 24.3 Å². The minimum atomic E-state index is -0.517. The number of nitrogens with zero attached hydrogens (tertiary/aromatic N) is 5. The van der Waals surface area contributed by atoms with Gasteiger partial charge < -0.3 is 34.6 Å². The van der Waals surface area contributed by atoms with Gasteiger partial charge in [0.05, 0.1) is 18.9 Å². The van der Waals surface area contributed by atoms with Crippen molar-refractivity contribution in [1.29, 1.82) is 0 Å². The number of hydrogen-bond donors (Lipinski definition) is 2. The molecule has 12 nitrogen and oxygen atoms in total. The number of alkyl carbamates (subject to hydrolysis) is 1. The molecule has 3 heterocycles. The highest BCUT2D eigenvalue weighted by molar-refractivity contribution is 5.76. The normalized spacial score (nSPS) is 16.9. The van der Waals surface area contributed by atoms with Crippen molar-refractivity contribution < 1.29 is 23.8 Å². The molecule has 0 saturated carbocycles. The van der Waals surface area contributed by atoms with Crippen LogP contribution in [-0.4, -0.2) is 102 Å². The number of morpholine rings is 1. The molecule has 2 aliphatic rings. The van der Waals surface area contributed by atoms with Crippen LogP contribution in [-0.2, 0) is 32.1 Å². The van der Waals surface area contributed by atoms with Crippen LogP contribution in [0.15, 0.2) is 54.7 Å². The van der Waals surface area contributed by atoms with Crippen molar-refractivity contribution >= 4 is 29.4 Å². The number of rotatable bonds is 13. The largest absolute Gasteiger partial charge is 0.459 e. The summed E-state index contributed by atoms with van der Waals surface area (Å²) in [4.78, 5) is 41.2. The molecule has 2 aromatic carbocycles. The zero-order valence-electron chi connectivity index (χ0n) is 32.0. The lowest BCUT2D eigenvalue weighted by Crippen LogP contribution is -2.40. The molecular weight excluding hydrogens is 658 g/mol. The van der Waals surface area contributed by atoms with Gasteiger partial charge in [0.25, 0.3) is 0 Å².